The number of hydrogen-bond donors (Lipinski definition) is 1. The van der Waals surface area contributed by atoms with E-state index in [-0.39, 0.29) is 0 Å². The maximum Gasteiger partial charge on any atom is 0.0583 e. The van der Waals surface area contributed by atoms with Crippen LogP contribution in [0.5, 0.6) is 0 Å². The van der Waals surface area contributed by atoms with E-state index >= 15 is 0 Å². The Morgan fingerprint density at radius 1 is 1.06 bits per heavy atom. The second-order valence-electron chi connectivity index (χ2n) is 5.68. The van der Waals surface area contributed by atoms with Crippen LogP contribution >= 0.6 is 0 Å². The fraction of sp³-hybridized carbons (Fsp3) is 1.00. The first kappa shape index (κ1) is 12.4. The first-order chi connectivity index (χ1) is 7.79. The van der Waals surface area contributed by atoms with Gasteiger partial charge in [0.2, 0.25) is 0 Å². The van der Waals surface area contributed by atoms with E-state index in [9.17, 15) is 0 Å². The van der Waals surface area contributed by atoms with Crippen molar-refractivity contribution < 1.29 is 4.74 Å². The zero-order valence-corrected chi connectivity index (χ0v) is 10.9. The van der Waals surface area contributed by atoms with E-state index in [0.717, 1.165) is 12.0 Å². The minimum atomic E-state index is 0.504. The molecule has 1 saturated heterocycles. The van der Waals surface area contributed by atoms with Crippen LogP contribution in [0.15, 0.2) is 0 Å². The number of nitrogens with one attached hydrogen (secondary N) is 1. The molecule has 0 spiro atoms. The predicted molar refractivity (Wildman–Crippen MR) is 67.6 cm³/mol. The minimum absolute atomic E-state index is 0.504. The van der Waals surface area contributed by atoms with Gasteiger partial charge >= 0.3 is 0 Å². The van der Waals surface area contributed by atoms with Crippen molar-refractivity contribution in [3.05, 3.63) is 0 Å². The van der Waals surface area contributed by atoms with Crippen LogP contribution in [-0.2, 0) is 4.74 Å². The first-order valence-corrected chi connectivity index (χ1v) is 7.12. The molecule has 2 rings (SSSR count). The second kappa shape index (κ2) is 6.02. The summed E-state index contributed by atoms with van der Waals surface area (Å²) in [5.41, 5.74) is 0. The highest BCUT2D eigenvalue weighted by Gasteiger charge is 2.29. The molecular weight excluding hydrogens is 198 g/mol. The van der Waals surface area contributed by atoms with Crippen molar-refractivity contribution in [3.8, 4) is 0 Å². The standard InChI is InChI=1S/C14H27NO/c1-11-8-9-13(16-11)10-12-6-4-3-5-7-14(12)15-2/h11-15H,3-10H2,1-2H3. The zero-order valence-electron chi connectivity index (χ0n) is 10.9. The van der Waals surface area contributed by atoms with E-state index in [4.69, 9.17) is 4.74 Å². The molecule has 4 unspecified atom stereocenters. The Kier molecular flexibility index (Phi) is 4.66. The van der Waals surface area contributed by atoms with Gasteiger partial charge in [-0.1, -0.05) is 19.3 Å². The topological polar surface area (TPSA) is 21.3 Å². The second-order valence-corrected chi connectivity index (χ2v) is 5.68. The highest BCUT2D eigenvalue weighted by atomic mass is 16.5. The minimum Gasteiger partial charge on any atom is -0.375 e. The first-order valence-electron chi connectivity index (χ1n) is 7.12. The molecule has 1 aliphatic carbocycles. The van der Waals surface area contributed by atoms with Gasteiger partial charge in [0.05, 0.1) is 12.2 Å². The van der Waals surface area contributed by atoms with Gasteiger partial charge in [0.15, 0.2) is 0 Å². The maximum absolute atomic E-state index is 5.97. The van der Waals surface area contributed by atoms with E-state index in [1.54, 1.807) is 0 Å². The summed E-state index contributed by atoms with van der Waals surface area (Å²) in [6.45, 7) is 2.21. The van der Waals surface area contributed by atoms with E-state index in [1.807, 2.05) is 0 Å². The molecular formula is C14H27NO. The molecule has 1 N–H and O–H groups in total. The van der Waals surface area contributed by atoms with Gasteiger partial charge in [-0.05, 0) is 52.0 Å². The van der Waals surface area contributed by atoms with E-state index in [1.165, 1.54) is 51.4 Å². The van der Waals surface area contributed by atoms with E-state index in [0.29, 0.717) is 12.2 Å². The highest BCUT2D eigenvalue weighted by Crippen LogP contribution is 2.31. The van der Waals surface area contributed by atoms with Crippen LogP contribution in [0, 0.1) is 5.92 Å². The smallest absolute Gasteiger partial charge is 0.0583 e. The molecule has 2 nitrogen and oxygen atoms in total. The van der Waals surface area contributed by atoms with Gasteiger partial charge in [-0.15, -0.1) is 0 Å². The number of hydrogen-bond acceptors (Lipinski definition) is 2. The summed E-state index contributed by atoms with van der Waals surface area (Å²) in [4.78, 5) is 0. The largest absolute Gasteiger partial charge is 0.375 e. The molecule has 4 atom stereocenters. The molecule has 0 aromatic heterocycles. The molecule has 0 amide bonds. The number of ether oxygens (including phenoxy) is 1. The van der Waals surface area contributed by atoms with Crippen LogP contribution in [0.1, 0.15) is 58.3 Å². The fourth-order valence-corrected chi connectivity index (χ4v) is 3.44. The van der Waals surface area contributed by atoms with Crippen molar-refractivity contribution >= 4 is 0 Å². The Balaban J connectivity index is 1.85. The average molecular weight is 225 g/mol. The number of rotatable bonds is 3. The summed E-state index contributed by atoms with van der Waals surface area (Å²) in [6.07, 6.45) is 11.9. The van der Waals surface area contributed by atoms with Crippen molar-refractivity contribution in [3.63, 3.8) is 0 Å². The van der Waals surface area contributed by atoms with E-state index < -0.39 is 0 Å². The van der Waals surface area contributed by atoms with Gasteiger partial charge in [0.25, 0.3) is 0 Å². The van der Waals surface area contributed by atoms with Gasteiger partial charge < -0.3 is 10.1 Å². The fourth-order valence-electron chi connectivity index (χ4n) is 3.44. The molecule has 0 aromatic rings. The summed E-state index contributed by atoms with van der Waals surface area (Å²) in [7, 11) is 2.13. The Morgan fingerprint density at radius 2 is 1.88 bits per heavy atom. The summed E-state index contributed by atoms with van der Waals surface area (Å²) in [5, 5.41) is 3.52. The molecule has 16 heavy (non-hydrogen) atoms. The molecule has 2 fully saturated rings. The van der Waals surface area contributed by atoms with Crippen LogP contribution in [0.25, 0.3) is 0 Å². The van der Waals surface area contributed by atoms with E-state index in [2.05, 4.69) is 19.3 Å². The third-order valence-electron chi connectivity index (χ3n) is 4.42. The summed E-state index contributed by atoms with van der Waals surface area (Å²) in [6, 6.07) is 0.738. The Labute approximate surface area is 100 Å². The van der Waals surface area contributed by atoms with Crippen LogP contribution in [0.3, 0.4) is 0 Å². The molecule has 94 valence electrons. The van der Waals surface area contributed by atoms with Crippen molar-refractivity contribution in [1.29, 1.82) is 0 Å². The van der Waals surface area contributed by atoms with Crippen LogP contribution in [0.2, 0.25) is 0 Å². The molecule has 1 heterocycles. The SMILES string of the molecule is CNC1CCCCCC1CC1CCC(C)O1. The Morgan fingerprint density at radius 3 is 2.56 bits per heavy atom. The van der Waals surface area contributed by atoms with Crippen molar-refractivity contribution in [2.24, 2.45) is 5.92 Å². The summed E-state index contributed by atoms with van der Waals surface area (Å²) >= 11 is 0. The summed E-state index contributed by atoms with van der Waals surface area (Å²) < 4.78 is 5.97. The molecule has 2 aliphatic rings. The predicted octanol–water partition coefficient (Wildman–Crippen LogP) is 3.11. The van der Waals surface area contributed by atoms with Crippen molar-refractivity contribution in [2.45, 2.75) is 76.5 Å². The van der Waals surface area contributed by atoms with Crippen molar-refractivity contribution in [2.75, 3.05) is 7.05 Å². The average Bonchev–Trinajstić information content (AvgIpc) is 2.56. The third-order valence-corrected chi connectivity index (χ3v) is 4.42. The van der Waals surface area contributed by atoms with Gasteiger partial charge in [-0.25, -0.2) is 0 Å². The Bertz CT molecular complexity index is 207. The monoisotopic (exact) mass is 225 g/mol. The maximum atomic E-state index is 5.97. The van der Waals surface area contributed by atoms with Crippen LogP contribution < -0.4 is 5.32 Å². The van der Waals surface area contributed by atoms with Gasteiger partial charge in [-0.3, -0.25) is 0 Å². The summed E-state index contributed by atoms with van der Waals surface area (Å²) in [5.74, 6) is 0.850. The lowest BCUT2D eigenvalue weighted by Gasteiger charge is -2.27. The zero-order chi connectivity index (χ0) is 11.4. The highest BCUT2D eigenvalue weighted by molar-refractivity contribution is 4.82. The lowest BCUT2D eigenvalue weighted by atomic mass is 9.88. The van der Waals surface area contributed by atoms with Gasteiger partial charge in [0, 0.05) is 6.04 Å². The molecule has 1 saturated carbocycles. The van der Waals surface area contributed by atoms with Gasteiger partial charge in [0.1, 0.15) is 0 Å². The normalized spacial score (nSPS) is 40.9. The molecule has 2 heteroatoms. The van der Waals surface area contributed by atoms with Crippen molar-refractivity contribution in [1.82, 2.24) is 5.32 Å². The lowest BCUT2D eigenvalue weighted by Crippen LogP contribution is -2.34. The lowest BCUT2D eigenvalue weighted by molar-refractivity contribution is 0.0362. The quantitative estimate of drug-likeness (QED) is 0.745. The third kappa shape index (κ3) is 3.21. The molecule has 1 aliphatic heterocycles. The molecule has 0 aromatic carbocycles. The molecule has 0 radical (unpaired) electrons. The molecule has 0 bridgehead atoms. The van der Waals surface area contributed by atoms with Crippen LogP contribution in [-0.4, -0.2) is 25.3 Å². The van der Waals surface area contributed by atoms with Gasteiger partial charge in [-0.2, -0.15) is 0 Å². The Hall–Kier alpha value is -0.0800. The van der Waals surface area contributed by atoms with Crippen LogP contribution in [0.4, 0.5) is 0 Å².